The van der Waals surface area contributed by atoms with Crippen LogP contribution in [0.4, 0.5) is 13.9 Å². The molecule has 4 aromatic rings. The Hall–Kier alpha value is -2.96. The molecule has 0 saturated heterocycles. The van der Waals surface area contributed by atoms with Crippen molar-refractivity contribution >= 4 is 55.0 Å². The van der Waals surface area contributed by atoms with Crippen molar-refractivity contribution in [2.24, 2.45) is 0 Å². The van der Waals surface area contributed by atoms with Gasteiger partial charge in [-0.25, -0.2) is 22.2 Å². The number of rotatable bonds is 10. The molecule has 12 heteroatoms. The van der Waals surface area contributed by atoms with Crippen molar-refractivity contribution in [1.82, 2.24) is 14.2 Å². The van der Waals surface area contributed by atoms with Gasteiger partial charge in [-0.3, -0.25) is 9.69 Å². The van der Waals surface area contributed by atoms with Crippen LogP contribution in [0.2, 0.25) is 0 Å². The second-order valence-electron chi connectivity index (χ2n) is 9.12. The van der Waals surface area contributed by atoms with Gasteiger partial charge >= 0.3 is 0 Å². The first-order valence-corrected chi connectivity index (χ1v) is 14.1. The van der Waals surface area contributed by atoms with E-state index >= 15 is 0 Å². The van der Waals surface area contributed by atoms with Gasteiger partial charge in [-0.2, -0.15) is 4.31 Å². The molecule has 3 aromatic carbocycles. The van der Waals surface area contributed by atoms with Crippen molar-refractivity contribution in [3.63, 3.8) is 0 Å². The number of halogens is 3. The van der Waals surface area contributed by atoms with Gasteiger partial charge in [0.25, 0.3) is 5.91 Å². The third-order valence-electron chi connectivity index (χ3n) is 5.92. The number of anilines is 1. The molecule has 0 fully saturated rings. The predicted octanol–water partition coefficient (Wildman–Crippen LogP) is 5.42. The van der Waals surface area contributed by atoms with E-state index in [1.807, 2.05) is 49.3 Å². The molecular weight excluding hydrogens is 566 g/mol. The summed E-state index contributed by atoms with van der Waals surface area (Å²) in [5, 5.41) is 0.243. The minimum absolute atomic E-state index is 0. The van der Waals surface area contributed by atoms with Gasteiger partial charge in [-0.05, 0) is 63.0 Å². The molecule has 0 unspecified atom stereocenters. The Morgan fingerprint density at radius 2 is 1.62 bits per heavy atom. The fourth-order valence-electron chi connectivity index (χ4n) is 3.92. The van der Waals surface area contributed by atoms with Crippen LogP contribution in [0.5, 0.6) is 0 Å². The quantitative estimate of drug-likeness (QED) is 0.245. The molecule has 1 amide bonds. The minimum Gasteiger partial charge on any atom is -0.309 e. The number of thiazole rings is 1. The number of hydrogen-bond acceptors (Lipinski definition) is 6. The number of benzene rings is 3. The van der Waals surface area contributed by atoms with E-state index in [9.17, 15) is 22.0 Å². The topological polar surface area (TPSA) is 73.8 Å². The van der Waals surface area contributed by atoms with E-state index in [0.717, 1.165) is 23.0 Å². The van der Waals surface area contributed by atoms with Gasteiger partial charge in [0.15, 0.2) is 10.9 Å². The first kappa shape index (κ1) is 30.6. The van der Waals surface area contributed by atoms with Crippen LogP contribution in [0.3, 0.4) is 0 Å². The summed E-state index contributed by atoms with van der Waals surface area (Å²) in [5.74, 6) is -1.92. The fraction of sp³-hybridized carbons (Fsp3) is 0.259. The van der Waals surface area contributed by atoms with Gasteiger partial charge in [0, 0.05) is 31.8 Å². The number of carbonyl (C=O) groups excluding carboxylic acids is 1. The Morgan fingerprint density at radius 3 is 2.26 bits per heavy atom. The number of nitrogens with zero attached hydrogens (tertiary/aromatic N) is 4. The largest absolute Gasteiger partial charge is 0.309 e. The molecule has 4 rings (SSSR count). The molecule has 0 atom stereocenters. The third kappa shape index (κ3) is 7.17. The fourth-order valence-corrected chi connectivity index (χ4v) is 6.11. The monoisotopic (exact) mass is 594 g/mol. The number of hydrogen-bond donors (Lipinski definition) is 0. The first-order valence-electron chi connectivity index (χ1n) is 11.9. The summed E-state index contributed by atoms with van der Waals surface area (Å²) in [5.41, 5.74) is 1.11. The molecule has 7 nitrogen and oxygen atoms in total. The van der Waals surface area contributed by atoms with Crippen molar-refractivity contribution in [3.05, 3.63) is 89.5 Å². The lowest BCUT2D eigenvalue weighted by Gasteiger charge is -2.21. The van der Waals surface area contributed by atoms with Crippen LogP contribution in [0, 0.1) is 11.6 Å². The normalized spacial score (nSPS) is 11.7. The standard InChI is InChI=1S/C27H28F2N4O3S2.ClH/c1-31(2)14-7-15-33(27-30-25-23(29)16-21(28)17-24(25)37-27)26(34)20-10-12-22(13-11-20)38(35,36)32(3)18-19-8-5-4-6-9-19;/h4-6,8-13,16-17H,7,14-15,18H2,1-3H3;1H. The summed E-state index contributed by atoms with van der Waals surface area (Å²) >= 11 is 1.03. The second kappa shape index (κ2) is 12.9. The zero-order valence-corrected chi connectivity index (χ0v) is 24.1. The molecule has 0 N–H and O–H groups in total. The van der Waals surface area contributed by atoms with Gasteiger partial charge in [0.2, 0.25) is 10.0 Å². The summed E-state index contributed by atoms with van der Waals surface area (Å²) < 4.78 is 55.8. The highest BCUT2D eigenvalue weighted by Gasteiger charge is 2.25. The van der Waals surface area contributed by atoms with E-state index in [0.29, 0.717) is 24.2 Å². The molecule has 39 heavy (non-hydrogen) atoms. The van der Waals surface area contributed by atoms with Crippen molar-refractivity contribution in [1.29, 1.82) is 0 Å². The van der Waals surface area contributed by atoms with Crippen LogP contribution in [-0.2, 0) is 16.6 Å². The number of sulfonamides is 1. The summed E-state index contributed by atoms with van der Waals surface area (Å²) in [6.45, 7) is 1.20. The maximum atomic E-state index is 14.3. The molecule has 0 bridgehead atoms. The van der Waals surface area contributed by atoms with Crippen molar-refractivity contribution in [2.75, 3.05) is 39.1 Å². The molecule has 0 aliphatic carbocycles. The lowest BCUT2D eigenvalue weighted by atomic mass is 10.2. The Balaban J connectivity index is 0.00000420. The van der Waals surface area contributed by atoms with Gasteiger partial charge in [0.05, 0.1) is 9.60 Å². The summed E-state index contributed by atoms with van der Waals surface area (Å²) in [6.07, 6.45) is 0.613. The van der Waals surface area contributed by atoms with Crippen molar-refractivity contribution in [3.8, 4) is 0 Å². The van der Waals surface area contributed by atoms with Crippen LogP contribution < -0.4 is 4.90 Å². The maximum Gasteiger partial charge on any atom is 0.260 e. The highest BCUT2D eigenvalue weighted by Crippen LogP contribution is 2.32. The molecule has 0 aliphatic rings. The Bertz CT molecular complexity index is 1530. The molecular formula is C27H29ClF2N4O3S2. The van der Waals surface area contributed by atoms with E-state index in [1.165, 1.54) is 46.6 Å². The van der Waals surface area contributed by atoms with E-state index in [4.69, 9.17) is 0 Å². The third-order valence-corrected chi connectivity index (χ3v) is 8.77. The highest BCUT2D eigenvalue weighted by atomic mass is 35.5. The molecule has 208 valence electrons. The number of aromatic nitrogens is 1. The lowest BCUT2D eigenvalue weighted by molar-refractivity contribution is 0.0986. The summed E-state index contributed by atoms with van der Waals surface area (Å²) in [6, 6.07) is 16.9. The van der Waals surface area contributed by atoms with Crippen LogP contribution >= 0.6 is 23.7 Å². The molecule has 0 saturated carbocycles. The van der Waals surface area contributed by atoms with Crippen LogP contribution in [0.1, 0.15) is 22.3 Å². The zero-order chi connectivity index (χ0) is 27.4. The summed E-state index contributed by atoms with van der Waals surface area (Å²) in [7, 11) is 1.54. The Labute approximate surface area is 237 Å². The predicted molar refractivity (Wildman–Crippen MR) is 153 cm³/mol. The van der Waals surface area contributed by atoms with Crippen LogP contribution in [0.25, 0.3) is 10.2 Å². The second-order valence-corrected chi connectivity index (χ2v) is 12.2. The molecule has 0 radical (unpaired) electrons. The minimum atomic E-state index is -3.79. The SMILES string of the molecule is CN(C)CCCN(C(=O)c1ccc(S(=O)(=O)N(C)Cc2ccccc2)cc1)c1nc2c(F)cc(F)cc2s1.Cl. The molecule has 0 spiro atoms. The maximum absolute atomic E-state index is 14.3. The van der Waals surface area contributed by atoms with Crippen molar-refractivity contribution < 1.29 is 22.0 Å². The zero-order valence-electron chi connectivity index (χ0n) is 21.7. The highest BCUT2D eigenvalue weighted by molar-refractivity contribution is 7.89. The number of fused-ring (bicyclic) bond motifs is 1. The van der Waals surface area contributed by atoms with Gasteiger partial charge < -0.3 is 4.90 Å². The number of amides is 1. The molecule has 0 aliphatic heterocycles. The van der Waals surface area contributed by atoms with Gasteiger partial charge in [-0.15, -0.1) is 12.4 Å². The van der Waals surface area contributed by atoms with Gasteiger partial charge in [-0.1, -0.05) is 41.7 Å². The van der Waals surface area contributed by atoms with Crippen molar-refractivity contribution in [2.45, 2.75) is 17.9 Å². The molecule has 1 heterocycles. The summed E-state index contributed by atoms with van der Waals surface area (Å²) in [4.78, 5) is 21.3. The van der Waals surface area contributed by atoms with E-state index in [1.54, 1.807) is 0 Å². The van der Waals surface area contributed by atoms with E-state index < -0.39 is 27.6 Å². The lowest BCUT2D eigenvalue weighted by Crippen LogP contribution is -2.33. The average Bonchev–Trinajstić information content (AvgIpc) is 3.31. The number of carbonyl (C=O) groups is 1. The average molecular weight is 595 g/mol. The van der Waals surface area contributed by atoms with Gasteiger partial charge in [0.1, 0.15) is 11.3 Å². The Kier molecular flexibility index (Phi) is 10.1. The Morgan fingerprint density at radius 1 is 0.949 bits per heavy atom. The molecule has 1 aromatic heterocycles. The smallest absolute Gasteiger partial charge is 0.260 e. The van der Waals surface area contributed by atoms with E-state index in [-0.39, 0.29) is 40.1 Å². The van der Waals surface area contributed by atoms with Crippen LogP contribution in [0.15, 0.2) is 71.6 Å². The van der Waals surface area contributed by atoms with E-state index in [2.05, 4.69) is 4.98 Å². The van der Waals surface area contributed by atoms with Crippen LogP contribution in [-0.4, -0.2) is 62.7 Å². The first-order chi connectivity index (χ1) is 18.1.